The predicted octanol–water partition coefficient (Wildman–Crippen LogP) is 2.75. The SMILES string of the molecule is O=C(NCc1cccc([N+](=O)[O-])c1)N1CCCC[C@@H]1c1cn[nH]c1. The van der Waals surface area contributed by atoms with Crippen LogP contribution in [-0.2, 0) is 6.54 Å². The van der Waals surface area contributed by atoms with Gasteiger partial charge in [0, 0.05) is 37.0 Å². The van der Waals surface area contributed by atoms with E-state index >= 15 is 0 Å². The molecule has 0 bridgehead atoms. The molecule has 24 heavy (non-hydrogen) atoms. The number of carbonyl (C=O) groups is 1. The van der Waals surface area contributed by atoms with E-state index < -0.39 is 4.92 Å². The minimum Gasteiger partial charge on any atom is -0.334 e. The molecule has 8 heteroatoms. The lowest BCUT2D eigenvalue weighted by Crippen LogP contribution is -2.44. The van der Waals surface area contributed by atoms with Crippen molar-refractivity contribution in [1.82, 2.24) is 20.4 Å². The zero-order valence-electron chi connectivity index (χ0n) is 13.1. The van der Waals surface area contributed by atoms with E-state index in [-0.39, 0.29) is 24.3 Å². The van der Waals surface area contributed by atoms with Crippen molar-refractivity contribution in [2.75, 3.05) is 6.54 Å². The average molecular weight is 329 g/mol. The van der Waals surface area contributed by atoms with Gasteiger partial charge in [0.1, 0.15) is 0 Å². The highest BCUT2D eigenvalue weighted by Crippen LogP contribution is 2.30. The Labute approximate surface area is 139 Å². The first-order chi connectivity index (χ1) is 11.6. The number of piperidine rings is 1. The highest BCUT2D eigenvalue weighted by Gasteiger charge is 2.28. The summed E-state index contributed by atoms with van der Waals surface area (Å²) >= 11 is 0. The van der Waals surface area contributed by atoms with E-state index in [1.165, 1.54) is 12.1 Å². The van der Waals surface area contributed by atoms with Crippen molar-refractivity contribution in [2.24, 2.45) is 0 Å². The van der Waals surface area contributed by atoms with Crippen molar-refractivity contribution >= 4 is 11.7 Å². The molecule has 126 valence electrons. The second-order valence-corrected chi connectivity index (χ2v) is 5.82. The second kappa shape index (κ2) is 7.12. The predicted molar refractivity (Wildman–Crippen MR) is 87.2 cm³/mol. The fraction of sp³-hybridized carbons (Fsp3) is 0.375. The Hall–Kier alpha value is -2.90. The Kier molecular flexibility index (Phi) is 4.74. The molecule has 1 saturated heterocycles. The average Bonchev–Trinajstić information content (AvgIpc) is 3.14. The lowest BCUT2D eigenvalue weighted by atomic mass is 9.98. The Morgan fingerprint density at radius 1 is 1.46 bits per heavy atom. The molecule has 1 aromatic carbocycles. The zero-order valence-corrected chi connectivity index (χ0v) is 13.1. The Bertz CT molecular complexity index is 716. The zero-order chi connectivity index (χ0) is 16.9. The van der Waals surface area contributed by atoms with Crippen molar-refractivity contribution in [3.8, 4) is 0 Å². The third-order valence-corrected chi connectivity index (χ3v) is 4.23. The summed E-state index contributed by atoms with van der Waals surface area (Å²) in [5.74, 6) is 0. The number of nitro groups is 1. The molecule has 0 radical (unpaired) electrons. The molecule has 1 atom stereocenters. The summed E-state index contributed by atoms with van der Waals surface area (Å²) in [7, 11) is 0. The molecule has 2 aromatic rings. The maximum Gasteiger partial charge on any atom is 0.318 e. The molecule has 0 saturated carbocycles. The van der Waals surface area contributed by atoms with Crippen LogP contribution in [-0.4, -0.2) is 32.6 Å². The number of rotatable bonds is 4. The molecule has 2 amide bonds. The van der Waals surface area contributed by atoms with Crippen LogP contribution in [0.15, 0.2) is 36.7 Å². The number of amides is 2. The normalized spacial score (nSPS) is 17.5. The highest BCUT2D eigenvalue weighted by atomic mass is 16.6. The maximum absolute atomic E-state index is 12.5. The molecule has 0 aliphatic carbocycles. The summed E-state index contributed by atoms with van der Waals surface area (Å²) in [6.45, 7) is 0.950. The number of urea groups is 1. The monoisotopic (exact) mass is 329 g/mol. The standard InChI is InChI=1S/C16H19N5O3/c22-16(17-9-12-4-3-5-14(8-12)21(23)24)20-7-2-1-6-15(20)13-10-18-19-11-13/h3-5,8,10-11,15H,1-2,6-7,9H2,(H,17,22)(H,18,19)/t15-/m1/s1. The van der Waals surface area contributed by atoms with Crippen molar-refractivity contribution in [3.63, 3.8) is 0 Å². The number of non-ortho nitro benzene ring substituents is 1. The number of likely N-dealkylation sites (tertiary alicyclic amines) is 1. The fourth-order valence-electron chi connectivity index (χ4n) is 3.02. The molecule has 8 nitrogen and oxygen atoms in total. The van der Waals surface area contributed by atoms with Gasteiger partial charge in [-0.1, -0.05) is 12.1 Å². The third kappa shape index (κ3) is 3.53. The van der Waals surface area contributed by atoms with Gasteiger partial charge in [0.05, 0.1) is 17.2 Å². The summed E-state index contributed by atoms with van der Waals surface area (Å²) in [4.78, 5) is 24.7. The number of carbonyl (C=O) groups excluding carboxylic acids is 1. The van der Waals surface area contributed by atoms with E-state index in [1.807, 2.05) is 11.1 Å². The molecule has 1 aliphatic rings. The molecule has 2 N–H and O–H groups in total. The first-order valence-corrected chi connectivity index (χ1v) is 7.91. The summed E-state index contributed by atoms with van der Waals surface area (Å²) < 4.78 is 0. The van der Waals surface area contributed by atoms with Gasteiger partial charge in [-0.05, 0) is 24.8 Å². The van der Waals surface area contributed by atoms with Gasteiger partial charge in [0.25, 0.3) is 5.69 Å². The van der Waals surface area contributed by atoms with E-state index in [4.69, 9.17) is 0 Å². The van der Waals surface area contributed by atoms with Gasteiger partial charge in [-0.2, -0.15) is 5.10 Å². The maximum atomic E-state index is 12.5. The van der Waals surface area contributed by atoms with E-state index in [0.29, 0.717) is 12.1 Å². The molecular weight excluding hydrogens is 310 g/mol. The second-order valence-electron chi connectivity index (χ2n) is 5.82. The number of benzene rings is 1. The van der Waals surface area contributed by atoms with Crippen molar-refractivity contribution in [3.05, 3.63) is 57.9 Å². The van der Waals surface area contributed by atoms with Gasteiger partial charge in [-0.3, -0.25) is 15.2 Å². The first kappa shape index (κ1) is 16.0. The van der Waals surface area contributed by atoms with Crippen LogP contribution in [0.3, 0.4) is 0 Å². The Balaban J connectivity index is 1.65. The van der Waals surface area contributed by atoms with Crippen molar-refractivity contribution in [1.29, 1.82) is 0 Å². The Morgan fingerprint density at radius 3 is 3.08 bits per heavy atom. The van der Waals surface area contributed by atoms with E-state index in [0.717, 1.165) is 24.8 Å². The summed E-state index contributed by atoms with van der Waals surface area (Å²) in [6, 6.07) is 6.15. The van der Waals surface area contributed by atoms with Crippen LogP contribution in [0.5, 0.6) is 0 Å². The van der Waals surface area contributed by atoms with E-state index in [2.05, 4.69) is 15.5 Å². The molecule has 0 unspecified atom stereocenters. The summed E-state index contributed by atoms with van der Waals surface area (Å²) in [6.07, 6.45) is 6.51. The van der Waals surface area contributed by atoms with Crippen LogP contribution in [0, 0.1) is 10.1 Å². The molecule has 1 aliphatic heterocycles. The van der Waals surface area contributed by atoms with E-state index in [9.17, 15) is 14.9 Å². The van der Waals surface area contributed by atoms with Crippen LogP contribution >= 0.6 is 0 Å². The van der Waals surface area contributed by atoms with Crippen LogP contribution in [0.2, 0.25) is 0 Å². The quantitative estimate of drug-likeness (QED) is 0.664. The van der Waals surface area contributed by atoms with Gasteiger partial charge in [0.2, 0.25) is 0 Å². The minimum atomic E-state index is -0.440. The minimum absolute atomic E-state index is 0.0163. The van der Waals surface area contributed by atoms with Gasteiger partial charge in [-0.25, -0.2) is 4.79 Å². The lowest BCUT2D eigenvalue weighted by molar-refractivity contribution is -0.384. The summed E-state index contributed by atoms with van der Waals surface area (Å²) in [5, 5.41) is 20.4. The van der Waals surface area contributed by atoms with Crippen molar-refractivity contribution in [2.45, 2.75) is 31.8 Å². The number of hydrogen-bond acceptors (Lipinski definition) is 4. The van der Waals surface area contributed by atoms with Gasteiger partial charge in [-0.15, -0.1) is 0 Å². The van der Waals surface area contributed by atoms with Crippen molar-refractivity contribution < 1.29 is 9.72 Å². The van der Waals surface area contributed by atoms with Gasteiger partial charge in [0.15, 0.2) is 0 Å². The fourth-order valence-corrected chi connectivity index (χ4v) is 3.02. The molecule has 3 rings (SSSR count). The number of nitrogens with zero attached hydrogens (tertiary/aromatic N) is 3. The highest BCUT2D eigenvalue weighted by molar-refractivity contribution is 5.75. The largest absolute Gasteiger partial charge is 0.334 e. The van der Waals surface area contributed by atoms with Crippen LogP contribution in [0.25, 0.3) is 0 Å². The number of nitrogens with one attached hydrogen (secondary N) is 2. The Morgan fingerprint density at radius 2 is 2.33 bits per heavy atom. The lowest BCUT2D eigenvalue weighted by Gasteiger charge is -2.35. The summed E-state index contributed by atoms with van der Waals surface area (Å²) in [5.41, 5.74) is 1.73. The number of aromatic amines is 1. The third-order valence-electron chi connectivity index (χ3n) is 4.23. The van der Waals surface area contributed by atoms with Crippen LogP contribution < -0.4 is 5.32 Å². The molecule has 1 fully saturated rings. The molecule has 1 aromatic heterocycles. The number of hydrogen-bond donors (Lipinski definition) is 2. The van der Waals surface area contributed by atoms with Crippen LogP contribution in [0.4, 0.5) is 10.5 Å². The van der Waals surface area contributed by atoms with E-state index in [1.54, 1.807) is 18.3 Å². The number of aromatic nitrogens is 2. The smallest absolute Gasteiger partial charge is 0.318 e. The van der Waals surface area contributed by atoms with Gasteiger partial charge < -0.3 is 10.2 Å². The first-order valence-electron chi connectivity index (χ1n) is 7.91. The number of nitro benzene ring substituents is 1. The number of H-pyrrole nitrogens is 1. The molecule has 2 heterocycles. The van der Waals surface area contributed by atoms with Crippen LogP contribution in [0.1, 0.15) is 36.4 Å². The van der Waals surface area contributed by atoms with Gasteiger partial charge >= 0.3 is 6.03 Å². The molecule has 0 spiro atoms. The molecular formula is C16H19N5O3. The topological polar surface area (TPSA) is 104 Å².